The zero-order valence-corrected chi connectivity index (χ0v) is 8.02. The normalized spacial score (nSPS) is 10.1. The van der Waals surface area contributed by atoms with E-state index in [0.717, 1.165) is 0 Å². The maximum atomic E-state index is 13.1. The van der Waals surface area contributed by atoms with Gasteiger partial charge in [0.05, 0.1) is 11.5 Å². The molecule has 0 saturated heterocycles. The highest BCUT2D eigenvalue weighted by molar-refractivity contribution is 6.22. The van der Waals surface area contributed by atoms with Gasteiger partial charge in [-0.3, -0.25) is 4.79 Å². The van der Waals surface area contributed by atoms with Gasteiger partial charge in [0.25, 0.3) is 0 Å². The van der Waals surface area contributed by atoms with Gasteiger partial charge in [0.1, 0.15) is 0 Å². The lowest BCUT2D eigenvalue weighted by Crippen LogP contribution is -2.28. The summed E-state index contributed by atoms with van der Waals surface area (Å²) < 4.78 is 51.1. The van der Waals surface area contributed by atoms with Crippen LogP contribution in [0.3, 0.4) is 0 Å². The van der Waals surface area contributed by atoms with E-state index in [1.165, 1.54) is 0 Å². The number of hydrogen-bond donors (Lipinski definition) is 0. The molecule has 0 heterocycles. The predicted octanol–water partition coefficient (Wildman–Crippen LogP) is 0.732. The average molecular weight is 247 g/mol. The summed E-state index contributed by atoms with van der Waals surface area (Å²) in [6.45, 7) is 2.74. The minimum atomic E-state index is -2.21. The molecule has 0 unspecified atom stereocenters. The standard InChI is InChI=1S/C10H4F4O3/c1-3(10(16)17)9(15)4-2-5(11)7(13)8(14)6(4)12/h2H,1H2,(H,16,17)/p-1. The number of hydrogen-bond acceptors (Lipinski definition) is 3. The number of carboxylic acid groups (broad SMARTS) is 1. The molecule has 0 aliphatic rings. The van der Waals surface area contributed by atoms with Crippen LogP contribution in [-0.2, 0) is 4.79 Å². The molecule has 0 aromatic heterocycles. The van der Waals surface area contributed by atoms with Crippen molar-refractivity contribution in [2.75, 3.05) is 0 Å². The van der Waals surface area contributed by atoms with Gasteiger partial charge in [0.15, 0.2) is 29.1 Å². The smallest absolute Gasteiger partial charge is 0.198 e. The fraction of sp³-hybridized carbons (Fsp3) is 0. The van der Waals surface area contributed by atoms with Crippen molar-refractivity contribution in [1.29, 1.82) is 0 Å². The van der Waals surface area contributed by atoms with E-state index in [0.29, 0.717) is 0 Å². The lowest BCUT2D eigenvalue weighted by molar-refractivity contribution is -0.298. The van der Waals surface area contributed by atoms with Crippen LogP contribution >= 0.6 is 0 Å². The third kappa shape index (κ3) is 2.17. The second kappa shape index (κ2) is 4.36. The lowest BCUT2D eigenvalue weighted by atomic mass is 10.0. The zero-order chi connectivity index (χ0) is 13.3. The Morgan fingerprint density at radius 1 is 1.06 bits per heavy atom. The van der Waals surface area contributed by atoms with Gasteiger partial charge in [-0.05, 0) is 6.07 Å². The number of aliphatic carboxylic acids is 1. The number of benzene rings is 1. The largest absolute Gasteiger partial charge is 0.545 e. The first-order chi connectivity index (χ1) is 7.77. The van der Waals surface area contributed by atoms with E-state index in [9.17, 15) is 32.3 Å². The summed E-state index contributed by atoms with van der Waals surface area (Å²) in [5, 5.41) is 10.2. The molecule has 17 heavy (non-hydrogen) atoms. The maximum absolute atomic E-state index is 13.1. The Morgan fingerprint density at radius 2 is 1.59 bits per heavy atom. The molecule has 0 bridgehead atoms. The third-order valence-corrected chi connectivity index (χ3v) is 1.87. The van der Waals surface area contributed by atoms with Crippen molar-refractivity contribution in [2.24, 2.45) is 0 Å². The highest BCUT2D eigenvalue weighted by atomic mass is 19.2. The summed E-state index contributed by atoms with van der Waals surface area (Å²) in [5.74, 6) is -11.7. The molecule has 0 aliphatic carbocycles. The van der Waals surface area contributed by atoms with Crippen LogP contribution in [0.15, 0.2) is 18.2 Å². The van der Waals surface area contributed by atoms with Gasteiger partial charge < -0.3 is 9.90 Å². The minimum absolute atomic E-state index is 0.0458. The van der Waals surface area contributed by atoms with Crippen LogP contribution < -0.4 is 5.11 Å². The minimum Gasteiger partial charge on any atom is -0.545 e. The summed E-state index contributed by atoms with van der Waals surface area (Å²) in [7, 11) is 0. The Hall–Kier alpha value is -2.18. The van der Waals surface area contributed by atoms with E-state index in [2.05, 4.69) is 6.58 Å². The highest BCUT2D eigenvalue weighted by Crippen LogP contribution is 2.20. The van der Waals surface area contributed by atoms with Gasteiger partial charge in [-0.2, -0.15) is 0 Å². The first-order valence-corrected chi connectivity index (χ1v) is 4.05. The Balaban J connectivity index is 3.39. The van der Waals surface area contributed by atoms with Gasteiger partial charge in [0.2, 0.25) is 0 Å². The van der Waals surface area contributed by atoms with Crippen LogP contribution in [-0.4, -0.2) is 11.8 Å². The SMILES string of the molecule is C=C(C(=O)[O-])C(=O)c1cc(F)c(F)c(F)c1F. The van der Waals surface area contributed by atoms with Gasteiger partial charge in [-0.15, -0.1) is 0 Å². The molecule has 0 N–H and O–H groups in total. The van der Waals surface area contributed by atoms with E-state index < -0.39 is 46.2 Å². The number of Topliss-reactive ketones (excluding diaryl/α,β-unsaturated/α-hetero) is 1. The molecule has 1 aromatic carbocycles. The summed E-state index contributed by atoms with van der Waals surface area (Å²) in [5.41, 5.74) is -2.47. The molecule has 0 radical (unpaired) electrons. The van der Waals surface area contributed by atoms with Crippen molar-refractivity contribution in [3.05, 3.63) is 47.1 Å². The van der Waals surface area contributed by atoms with Crippen molar-refractivity contribution < 1.29 is 32.3 Å². The fourth-order valence-electron chi connectivity index (χ4n) is 0.993. The Labute approximate surface area is 92.0 Å². The summed E-state index contributed by atoms with van der Waals surface area (Å²) in [6.07, 6.45) is 0. The van der Waals surface area contributed by atoms with E-state index >= 15 is 0 Å². The van der Waals surface area contributed by atoms with E-state index in [1.807, 2.05) is 0 Å². The molecule has 0 amide bonds. The molecule has 7 heteroatoms. The Morgan fingerprint density at radius 3 is 2.06 bits per heavy atom. The van der Waals surface area contributed by atoms with E-state index in [4.69, 9.17) is 0 Å². The Bertz CT molecular complexity index is 537. The van der Waals surface area contributed by atoms with Crippen LogP contribution in [0.5, 0.6) is 0 Å². The molecule has 0 saturated carbocycles. The first-order valence-electron chi connectivity index (χ1n) is 4.05. The lowest BCUT2D eigenvalue weighted by Gasteiger charge is -2.07. The number of ketones is 1. The van der Waals surface area contributed by atoms with Gasteiger partial charge in [-0.1, -0.05) is 6.58 Å². The molecule has 0 atom stereocenters. The van der Waals surface area contributed by atoms with Crippen molar-refractivity contribution >= 4 is 11.8 Å². The van der Waals surface area contributed by atoms with E-state index in [-0.39, 0.29) is 6.07 Å². The first kappa shape index (κ1) is 12.9. The number of halogens is 4. The fourth-order valence-corrected chi connectivity index (χ4v) is 0.993. The molecule has 0 aliphatic heterocycles. The quantitative estimate of drug-likeness (QED) is 0.150. The molecule has 0 spiro atoms. The average Bonchev–Trinajstić information content (AvgIpc) is 2.29. The molecule has 3 nitrogen and oxygen atoms in total. The van der Waals surface area contributed by atoms with Crippen molar-refractivity contribution in [1.82, 2.24) is 0 Å². The van der Waals surface area contributed by atoms with E-state index in [1.54, 1.807) is 0 Å². The van der Waals surface area contributed by atoms with Crippen LogP contribution in [0.2, 0.25) is 0 Å². The highest BCUT2D eigenvalue weighted by Gasteiger charge is 2.24. The third-order valence-electron chi connectivity index (χ3n) is 1.87. The maximum Gasteiger partial charge on any atom is 0.198 e. The van der Waals surface area contributed by atoms with Crippen molar-refractivity contribution in [3.8, 4) is 0 Å². The van der Waals surface area contributed by atoms with Crippen LogP contribution in [0, 0.1) is 23.3 Å². The van der Waals surface area contributed by atoms with Crippen LogP contribution in [0.1, 0.15) is 10.4 Å². The topological polar surface area (TPSA) is 57.2 Å². The zero-order valence-electron chi connectivity index (χ0n) is 8.02. The number of rotatable bonds is 3. The second-order valence-corrected chi connectivity index (χ2v) is 2.94. The molecule has 0 fully saturated rings. The molecule has 90 valence electrons. The van der Waals surface area contributed by atoms with Gasteiger partial charge in [-0.25, -0.2) is 17.6 Å². The molecule has 1 rings (SSSR count). The molecular formula is C10H3F4O3-. The second-order valence-electron chi connectivity index (χ2n) is 2.94. The van der Waals surface area contributed by atoms with Gasteiger partial charge in [0, 0.05) is 5.57 Å². The van der Waals surface area contributed by atoms with Crippen LogP contribution in [0.25, 0.3) is 0 Å². The van der Waals surface area contributed by atoms with Crippen LogP contribution in [0.4, 0.5) is 17.6 Å². The van der Waals surface area contributed by atoms with Crippen molar-refractivity contribution in [3.63, 3.8) is 0 Å². The van der Waals surface area contributed by atoms with Gasteiger partial charge >= 0.3 is 0 Å². The summed E-state index contributed by atoms with van der Waals surface area (Å²) >= 11 is 0. The van der Waals surface area contributed by atoms with Crippen molar-refractivity contribution in [2.45, 2.75) is 0 Å². The Kier molecular flexibility index (Phi) is 3.31. The predicted molar refractivity (Wildman–Crippen MR) is 44.8 cm³/mol. The molecule has 1 aromatic rings. The number of carbonyl (C=O) groups excluding carboxylic acids is 2. The summed E-state index contributed by atoms with van der Waals surface area (Å²) in [4.78, 5) is 21.5. The summed E-state index contributed by atoms with van der Waals surface area (Å²) in [6, 6.07) is 0.0458. The number of carboxylic acids is 1. The molecular weight excluding hydrogens is 244 g/mol. The number of carbonyl (C=O) groups is 2. The monoisotopic (exact) mass is 247 g/mol.